The van der Waals surface area contributed by atoms with Gasteiger partial charge in [-0.1, -0.05) is 0 Å². The largest absolute Gasteiger partial charge is 0.480 e. The Hall–Kier alpha value is -0.0600. The van der Waals surface area contributed by atoms with Crippen molar-refractivity contribution in [2.75, 3.05) is 78.5 Å². The van der Waals surface area contributed by atoms with E-state index in [1.54, 1.807) is 0 Å². The maximum atomic E-state index is 12.5. The van der Waals surface area contributed by atoms with Crippen molar-refractivity contribution >= 4 is 61.5 Å². The van der Waals surface area contributed by atoms with Crippen LogP contribution in [0.15, 0.2) is 0 Å². The number of halogens is 4. The van der Waals surface area contributed by atoms with Crippen LogP contribution < -0.4 is 5.32 Å². The number of piperidine rings is 1. The first-order valence-electron chi connectivity index (χ1n) is 9.51. The average molecular weight is 499 g/mol. The van der Waals surface area contributed by atoms with E-state index in [0.717, 1.165) is 39.3 Å². The van der Waals surface area contributed by atoms with E-state index in [1.165, 1.54) is 12.8 Å². The van der Waals surface area contributed by atoms with Gasteiger partial charge in [0.2, 0.25) is 5.91 Å². The van der Waals surface area contributed by atoms with E-state index in [1.807, 2.05) is 9.80 Å². The Morgan fingerprint density at radius 2 is 1.24 bits per heavy atom. The van der Waals surface area contributed by atoms with Gasteiger partial charge < -0.3 is 15.3 Å². The molecule has 3 saturated heterocycles. The normalized spacial score (nSPS) is 21.7. The number of carbonyl (C=O) groups excluding carboxylic acids is 1. The maximum absolute atomic E-state index is 12.5. The summed E-state index contributed by atoms with van der Waals surface area (Å²) in [6.45, 7) is 9.46. The Morgan fingerprint density at radius 3 is 1.76 bits per heavy atom. The molecule has 0 aromatic heterocycles. The molecule has 3 aliphatic heterocycles. The molecule has 1 amide bonds. The highest BCUT2D eigenvalue weighted by molar-refractivity contribution is 5.86. The van der Waals surface area contributed by atoms with Gasteiger partial charge in [0.25, 0.3) is 0 Å². The third-order valence-electron chi connectivity index (χ3n) is 5.67. The van der Waals surface area contributed by atoms with E-state index < -0.39 is 5.97 Å². The number of piperazine rings is 2. The quantitative estimate of drug-likeness (QED) is 0.563. The summed E-state index contributed by atoms with van der Waals surface area (Å²) in [5.74, 6) is -0.614. The lowest BCUT2D eigenvalue weighted by Crippen LogP contribution is -2.56. The summed E-state index contributed by atoms with van der Waals surface area (Å²) in [4.78, 5) is 31.9. The van der Waals surface area contributed by atoms with Crippen LogP contribution in [0.25, 0.3) is 0 Å². The fourth-order valence-corrected chi connectivity index (χ4v) is 4.10. The number of carboxylic acids is 1. The predicted octanol–water partition coefficient (Wildman–Crippen LogP) is 0.272. The molecule has 29 heavy (non-hydrogen) atoms. The van der Waals surface area contributed by atoms with Crippen molar-refractivity contribution in [1.82, 2.24) is 24.9 Å². The minimum absolute atomic E-state index is 0. The van der Waals surface area contributed by atoms with Gasteiger partial charge in [-0.25, -0.2) is 0 Å². The fourth-order valence-electron chi connectivity index (χ4n) is 4.10. The summed E-state index contributed by atoms with van der Waals surface area (Å²) in [5.41, 5.74) is 0. The molecule has 174 valence electrons. The van der Waals surface area contributed by atoms with E-state index in [2.05, 4.69) is 15.1 Å². The zero-order valence-corrected chi connectivity index (χ0v) is 19.9. The number of hydrogen-bond acceptors (Lipinski definition) is 6. The topological polar surface area (TPSA) is 79.4 Å². The fraction of sp³-hybridized carbons (Fsp3) is 0.882. The molecular formula is C17H35Cl4N5O3. The zero-order valence-electron chi connectivity index (χ0n) is 16.7. The van der Waals surface area contributed by atoms with Crippen LogP contribution in [0.4, 0.5) is 0 Å². The summed E-state index contributed by atoms with van der Waals surface area (Å²) in [6.07, 6.45) is 2.47. The Balaban J connectivity index is 0. The molecule has 3 aliphatic rings. The third-order valence-corrected chi connectivity index (χ3v) is 5.67. The molecule has 0 unspecified atom stereocenters. The summed E-state index contributed by atoms with van der Waals surface area (Å²) in [7, 11) is 0. The van der Waals surface area contributed by atoms with Gasteiger partial charge in [-0.3, -0.25) is 24.3 Å². The third kappa shape index (κ3) is 9.74. The maximum Gasteiger partial charge on any atom is 0.317 e. The molecule has 0 saturated carbocycles. The van der Waals surface area contributed by atoms with Gasteiger partial charge in [0.15, 0.2) is 0 Å². The van der Waals surface area contributed by atoms with Crippen LogP contribution in [0, 0.1) is 0 Å². The Kier molecular flexibility index (Phi) is 16.9. The minimum atomic E-state index is -0.800. The number of nitrogens with zero attached hydrogens (tertiary/aromatic N) is 4. The molecule has 12 heteroatoms. The van der Waals surface area contributed by atoms with Gasteiger partial charge in [0.05, 0.1) is 13.1 Å². The van der Waals surface area contributed by atoms with Gasteiger partial charge in [0.1, 0.15) is 0 Å². The van der Waals surface area contributed by atoms with Gasteiger partial charge in [-0.15, -0.1) is 49.6 Å². The van der Waals surface area contributed by atoms with Crippen LogP contribution in [0.5, 0.6) is 0 Å². The number of amides is 1. The molecule has 3 fully saturated rings. The number of nitrogens with one attached hydrogen (secondary N) is 1. The van der Waals surface area contributed by atoms with E-state index in [9.17, 15) is 9.59 Å². The molecule has 0 aromatic carbocycles. The Labute approximate surface area is 198 Å². The standard InChI is InChI=1S/C17H31N5O3.4ClH/c23-16(22-11-7-20(8-12-22)14-17(24)25)13-19-5-9-21(10-6-19)15-1-3-18-4-2-15;;;;/h15,18H,1-14H2,(H,24,25);4*1H. The molecular weight excluding hydrogens is 464 g/mol. The van der Waals surface area contributed by atoms with Crippen LogP contribution in [0.1, 0.15) is 12.8 Å². The van der Waals surface area contributed by atoms with Crippen molar-refractivity contribution in [1.29, 1.82) is 0 Å². The molecule has 0 aliphatic carbocycles. The second-order valence-corrected chi connectivity index (χ2v) is 7.34. The second kappa shape index (κ2) is 15.7. The molecule has 3 heterocycles. The van der Waals surface area contributed by atoms with Crippen molar-refractivity contribution in [2.24, 2.45) is 0 Å². The smallest absolute Gasteiger partial charge is 0.317 e. The van der Waals surface area contributed by atoms with E-state index in [-0.39, 0.29) is 62.1 Å². The minimum Gasteiger partial charge on any atom is -0.480 e. The Bertz CT molecular complexity index is 470. The van der Waals surface area contributed by atoms with Crippen LogP contribution in [-0.4, -0.2) is 121 Å². The van der Waals surface area contributed by atoms with Crippen molar-refractivity contribution in [3.8, 4) is 0 Å². The van der Waals surface area contributed by atoms with Crippen LogP contribution in [-0.2, 0) is 9.59 Å². The Morgan fingerprint density at radius 1 is 0.759 bits per heavy atom. The average Bonchev–Trinajstić information content (AvgIpc) is 2.63. The summed E-state index contributed by atoms with van der Waals surface area (Å²) < 4.78 is 0. The van der Waals surface area contributed by atoms with Crippen LogP contribution in [0.2, 0.25) is 0 Å². The van der Waals surface area contributed by atoms with Gasteiger partial charge in [-0.05, 0) is 25.9 Å². The highest BCUT2D eigenvalue weighted by atomic mass is 35.5. The first-order valence-corrected chi connectivity index (χ1v) is 9.51. The van der Waals surface area contributed by atoms with E-state index >= 15 is 0 Å². The molecule has 0 atom stereocenters. The number of carboxylic acid groups (broad SMARTS) is 1. The van der Waals surface area contributed by atoms with Crippen LogP contribution in [0.3, 0.4) is 0 Å². The molecule has 8 nitrogen and oxygen atoms in total. The van der Waals surface area contributed by atoms with Gasteiger partial charge >= 0.3 is 5.97 Å². The molecule has 0 spiro atoms. The SMILES string of the molecule is Cl.Cl.Cl.Cl.O=C(O)CN1CCN(C(=O)CN2CCN(C3CCNCC3)CC2)CC1. The zero-order chi connectivity index (χ0) is 17.6. The summed E-state index contributed by atoms with van der Waals surface area (Å²) in [6, 6.07) is 0.710. The highest BCUT2D eigenvalue weighted by Gasteiger charge is 2.28. The second-order valence-electron chi connectivity index (χ2n) is 7.34. The first kappa shape index (κ1) is 31.1. The van der Waals surface area contributed by atoms with Gasteiger partial charge in [-0.2, -0.15) is 0 Å². The van der Waals surface area contributed by atoms with Crippen molar-refractivity contribution in [3.05, 3.63) is 0 Å². The predicted molar refractivity (Wildman–Crippen MR) is 124 cm³/mol. The lowest BCUT2D eigenvalue weighted by atomic mass is 10.0. The number of carbonyl (C=O) groups is 2. The summed E-state index contributed by atoms with van der Waals surface area (Å²) in [5, 5.41) is 12.3. The van der Waals surface area contributed by atoms with Crippen molar-refractivity contribution in [3.63, 3.8) is 0 Å². The molecule has 0 aromatic rings. The monoisotopic (exact) mass is 497 g/mol. The molecule has 0 bridgehead atoms. The number of rotatable bonds is 5. The highest BCUT2D eigenvalue weighted by Crippen LogP contribution is 2.14. The first-order chi connectivity index (χ1) is 12.1. The molecule has 3 rings (SSSR count). The van der Waals surface area contributed by atoms with Crippen LogP contribution >= 0.6 is 49.6 Å². The van der Waals surface area contributed by atoms with E-state index in [0.29, 0.717) is 38.8 Å². The molecule has 0 radical (unpaired) electrons. The van der Waals surface area contributed by atoms with Gasteiger partial charge in [0, 0.05) is 58.4 Å². The number of aliphatic carboxylic acids is 1. The lowest BCUT2D eigenvalue weighted by molar-refractivity contribution is -0.139. The van der Waals surface area contributed by atoms with Crippen molar-refractivity contribution < 1.29 is 14.7 Å². The van der Waals surface area contributed by atoms with E-state index in [4.69, 9.17) is 5.11 Å². The number of hydrogen-bond donors (Lipinski definition) is 2. The lowest BCUT2D eigenvalue weighted by Gasteiger charge is -2.41. The van der Waals surface area contributed by atoms with Crippen molar-refractivity contribution in [2.45, 2.75) is 18.9 Å². The summed E-state index contributed by atoms with van der Waals surface area (Å²) >= 11 is 0. The molecule has 2 N–H and O–H groups in total.